The number of ether oxygens (including phenoxy) is 1. The molecule has 0 aliphatic carbocycles. The highest BCUT2D eigenvalue weighted by Gasteiger charge is 2.16. The van der Waals surface area contributed by atoms with Gasteiger partial charge in [-0.1, -0.05) is 0 Å². The number of nitrogens with zero attached hydrogens (tertiary/aromatic N) is 2. The van der Waals surface area contributed by atoms with E-state index in [2.05, 4.69) is 10.3 Å². The Morgan fingerprint density at radius 2 is 2.29 bits per heavy atom. The first kappa shape index (κ1) is 13.1. The van der Waals surface area contributed by atoms with Gasteiger partial charge in [-0.3, -0.25) is 10.1 Å². The van der Waals surface area contributed by atoms with Crippen molar-refractivity contribution in [3.05, 3.63) is 22.2 Å². The monoisotopic (exact) mass is 243 g/mol. The van der Waals surface area contributed by atoms with E-state index in [1.165, 1.54) is 12.1 Å². The Kier molecular flexibility index (Phi) is 4.62. The molecule has 0 fully saturated rings. The molecule has 0 saturated carbocycles. The molecule has 7 heteroatoms. The van der Waals surface area contributed by atoms with Gasteiger partial charge in [-0.25, -0.2) is 4.39 Å². The van der Waals surface area contributed by atoms with Crippen LogP contribution < -0.4 is 10.1 Å². The minimum absolute atomic E-state index is 0.0193. The molecule has 1 rings (SSSR count). The van der Waals surface area contributed by atoms with E-state index in [-0.39, 0.29) is 30.0 Å². The molecule has 0 unspecified atom stereocenters. The number of nitrogens with one attached hydrogen (secondary N) is 1. The van der Waals surface area contributed by atoms with E-state index in [0.717, 1.165) is 0 Å². The third-order valence-corrected chi connectivity index (χ3v) is 1.79. The normalized spacial score (nSPS) is 10.4. The maximum absolute atomic E-state index is 12.0. The van der Waals surface area contributed by atoms with Crippen molar-refractivity contribution in [3.8, 4) is 5.88 Å². The summed E-state index contributed by atoms with van der Waals surface area (Å²) in [5.41, 5.74) is -0.199. The third-order valence-electron chi connectivity index (χ3n) is 1.79. The fourth-order valence-electron chi connectivity index (χ4n) is 1.18. The molecule has 0 aliphatic rings. The maximum atomic E-state index is 12.0. The van der Waals surface area contributed by atoms with Gasteiger partial charge in [0, 0.05) is 18.7 Å². The van der Waals surface area contributed by atoms with Crippen LogP contribution in [0.1, 0.15) is 13.8 Å². The van der Waals surface area contributed by atoms with Crippen LogP contribution in [0.2, 0.25) is 0 Å². The molecule has 0 radical (unpaired) electrons. The molecule has 0 aliphatic heterocycles. The molecular formula is C10H14FN3O3. The molecule has 17 heavy (non-hydrogen) atoms. The van der Waals surface area contributed by atoms with Crippen molar-refractivity contribution >= 4 is 11.5 Å². The SMILES string of the molecule is CC(C)Oc1ccc([N+](=O)[O-])c(NCCF)n1. The fourth-order valence-corrected chi connectivity index (χ4v) is 1.18. The van der Waals surface area contributed by atoms with E-state index in [0.29, 0.717) is 0 Å². The third kappa shape index (κ3) is 3.86. The molecule has 1 aromatic rings. The average molecular weight is 243 g/mol. The number of alkyl halides is 1. The number of pyridine rings is 1. The van der Waals surface area contributed by atoms with Gasteiger partial charge in [0.1, 0.15) is 6.67 Å². The molecule has 0 spiro atoms. The standard InChI is InChI=1S/C10H14FN3O3/c1-7(2)17-9-4-3-8(14(15)16)10(13-9)12-6-5-11/h3-4,7H,5-6H2,1-2H3,(H,12,13). The summed E-state index contributed by atoms with van der Waals surface area (Å²) in [6.07, 6.45) is -0.0852. The molecule has 1 aromatic heterocycles. The van der Waals surface area contributed by atoms with Gasteiger partial charge in [0.15, 0.2) is 0 Å². The average Bonchev–Trinajstić information content (AvgIpc) is 2.25. The van der Waals surface area contributed by atoms with Gasteiger partial charge in [0.25, 0.3) is 0 Å². The second-order valence-electron chi connectivity index (χ2n) is 3.56. The molecule has 0 aromatic carbocycles. The van der Waals surface area contributed by atoms with E-state index in [9.17, 15) is 14.5 Å². The van der Waals surface area contributed by atoms with Crippen LogP contribution in [0.3, 0.4) is 0 Å². The first-order chi connectivity index (χ1) is 8.04. The Labute approximate surface area is 98.0 Å². The number of aromatic nitrogens is 1. The van der Waals surface area contributed by atoms with Crippen LogP contribution in [0.15, 0.2) is 12.1 Å². The highest BCUT2D eigenvalue weighted by molar-refractivity contribution is 5.57. The van der Waals surface area contributed by atoms with Crippen LogP contribution in [0.4, 0.5) is 15.9 Å². The van der Waals surface area contributed by atoms with Crippen molar-refractivity contribution in [3.63, 3.8) is 0 Å². The van der Waals surface area contributed by atoms with Crippen molar-refractivity contribution in [1.29, 1.82) is 0 Å². The van der Waals surface area contributed by atoms with Gasteiger partial charge < -0.3 is 10.1 Å². The van der Waals surface area contributed by atoms with Gasteiger partial charge in [0.05, 0.1) is 11.0 Å². The Balaban J connectivity index is 2.96. The molecule has 0 atom stereocenters. The summed E-state index contributed by atoms with van der Waals surface area (Å²) in [5, 5.41) is 13.3. The fraction of sp³-hybridized carbons (Fsp3) is 0.500. The zero-order valence-electron chi connectivity index (χ0n) is 9.64. The summed E-state index contributed by atoms with van der Waals surface area (Å²) in [7, 11) is 0. The summed E-state index contributed by atoms with van der Waals surface area (Å²) < 4.78 is 17.3. The Hall–Kier alpha value is -1.92. The minimum atomic E-state index is -0.631. The Bertz CT molecular complexity index is 398. The van der Waals surface area contributed by atoms with E-state index >= 15 is 0 Å². The lowest BCUT2D eigenvalue weighted by molar-refractivity contribution is -0.384. The van der Waals surface area contributed by atoms with E-state index < -0.39 is 11.6 Å². The first-order valence-corrected chi connectivity index (χ1v) is 5.16. The quantitative estimate of drug-likeness (QED) is 0.612. The topological polar surface area (TPSA) is 77.3 Å². The Morgan fingerprint density at radius 1 is 1.59 bits per heavy atom. The second kappa shape index (κ2) is 5.97. The summed E-state index contributed by atoms with van der Waals surface area (Å²) in [6.45, 7) is 2.97. The number of hydrogen-bond donors (Lipinski definition) is 1. The summed E-state index contributed by atoms with van der Waals surface area (Å²) in [6, 6.07) is 2.70. The molecule has 1 N–H and O–H groups in total. The van der Waals surface area contributed by atoms with Crippen LogP contribution in [0, 0.1) is 10.1 Å². The van der Waals surface area contributed by atoms with Gasteiger partial charge in [0.2, 0.25) is 11.7 Å². The van der Waals surface area contributed by atoms with Crippen molar-refractivity contribution in [2.75, 3.05) is 18.5 Å². The molecule has 94 valence electrons. The molecular weight excluding hydrogens is 229 g/mol. The predicted molar refractivity (Wildman–Crippen MR) is 61.1 cm³/mol. The highest BCUT2D eigenvalue weighted by Crippen LogP contribution is 2.25. The lowest BCUT2D eigenvalue weighted by Gasteiger charge is -2.10. The molecule has 0 saturated heterocycles. The van der Waals surface area contributed by atoms with Crippen LogP contribution >= 0.6 is 0 Å². The number of rotatable bonds is 6. The van der Waals surface area contributed by atoms with Crippen LogP contribution in [0.5, 0.6) is 5.88 Å². The number of halogens is 1. The van der Waals surface area contributed by atoms with Crippen LogP contribution in [-0.4, -0.2) is 29.2 Å². The molecule has 0 amide bonds. The molecule has 0 bridgehead atoms. The van der Waals surface area contributed by atoms with Crippen molar-refractivity contribution in [1.82, 2.24) is 4.98 Å². The predicted octanol–water partition coefficient (Wildman–Crippen LogP) is 2.16. The maximum Gasteiger partial charge on any atom is 0.311 e. The summed E-state index contributed by atoms with van der Waals surface area (Å²) in [5.74, 6) is 0.290. The number of anilines is 1. The highest BCUT2D eigenvalue weighted by atomic mass is 19.1. The molecule has 1 heterocycles. The first-order valence-electron chi connectivity index (χ1n) is 5.16. The van der Waals surface area contributed by atoms with Gasteiger partial charge in [-0.2, -0.15) is 4.98 Å². The number of hydrogen-bond acceptors (Lipinski definition) is 5. The van der Waals surface area contributed by atoms with E-state index in [4.69, 9.17) is 4.74 Å². The largest absolute Gasteiger partial charge is 0.475 e. The molecule has 6 nitrogen and oxygen atoms in total. The van der Waals surface area contributed by atoms with Crippen LogP contribution in [0.25, 0.3) is 0 Å². The summed E-state index contributed by atoms with van der Waals surface area (Å²) >= 11 is 0. The minimum Gasteiger partial charge on any atom is -0.475 e. The summed E-state index contributed by atoms with van der Waals surface area (Å²) in [4.78, 5) is 14.1. The van der Waals surface area contributed by atoms with Gasteiger partial charge >= 0.3 is 5.69 Å². The van der Waals surface area contributed by atoms with E-state index in [1.807, 2.05) is 13.8 Å². The van der Waals surface area contributed by atoms with Crippen molar-refractivity contribution in [2.24, 2.45) is 0 Å². The zero-order valence-corrected chi connectivity index (χ0v) is 9.64. The van der Waals surface area contributed by atoms with E-state index in [1.54, 1.807) is 0 Å². The lowest BCUT2D eigenvalue weighted by Crippen LogP contribution is -2.11. The zero-order chi connectivity index (χ0) is 12.8. The van der Waals surface area contributed by atoms with Crippen molar-refractivity contribution in [2.45, 2.75) is 20.0 Å². The number of nitro groups is 1. The smallest absolute Gasteiger partial charge is 0.311 e. The van der Waals surface area contributed by atoms with Crippen molar-refractivity contribution < 1.29 is 14.1 Å². The van der Waals surface area contributed by atoms with Gasteiger partial charge in [-0.15, -0.1) is 0 Å². The van der Waals surface area contributed by atoms with Gasteiger partial charge in [-0.05, 0) is 13.8 Å². The lowest BCUT2D eigenvalue weighted by atomic mass is 10.3. The second-order valence-corrected chi connectivity index (χ2v) is 3.56. The van der Waals surface area contributed by atoms with Crippen LogP contribution in [-0.2, 0) is 0 Å². The Morgan fingerprint density at radius 3 is 2.82 bits per heavy atom.